The van der Waals surface area contributed by atoms with Gasteiger partial charge in [0.15, 0.2) is 11.6 Å². The summed E-state index contributed by atoms with van der Waals surface area (Å²) in [5.74, 6) is 1.81. The first-order valence-corrected chi connectivity index (χ1v) is 11.2. The number of aromatic nitrogens is 2. The number of carbonyl (C=O) groups is 1. The quantitative estimate of drug-likeness (QED) is 0.688. The fourth-order valence-corrected chi connectivity index (χ4v) is 4.30. The molecule has 2 aliphatic rings. The summed E-state index contributed by atoms with van der Waals surface area (Å²) in [4.78, 5) is 21.4. The molecule has 0 bridgehead atoms. The Hall–Kier alpha value is -3.39. The normalized spacial score (nSPS) is 17.6. The molecule has 32 heavy (non-hydrogen) atoms. The summed E-state index contributed by atoms with van der Waals surface area (Å²) in [6, 6.07) is 18.2. The molecule has 1 N–H and O–H groups in total. The van der Waals surface area contributed by atoms with Crippen molar-refractivity contribution < 1.29 is 4.79 Å². The fourth-order valence-electron chi connectivity index (χ4n) is 4.30. The number of benzene rings is 2. The molecule has 1 aromatic heterocycles. The maximum atomic E-state index is 12.7. The molecule has 0 unspecified atom stereocenters. The fraction of sp³-hybridized carbons (Fsp3) is 0.375. The lowest BCUT2D eigenvalue weighted by atomic mass is 10.1. The van der Waals surface area contributed by atoms with E-state index in [0.29, 0.717) is 13.1 Å². The molecule has 2 amide bonds. The predicted octanol–water partition coefficient (Wildman–Crippen LogP) is 2.74. The molecule has 0 aliphatic carbocycles. The molecule has 2 saturated heterocycles. The Morgan fingerprint density at radius 3 is 1.97 bits per heavy atom. The number of likely N-dealkylation sites (N-methyl/N-ethyl adjacent to an activating group) is 1. The Morgan fingerprint density at radius 2 is 1.34 bits per heavy atom. The van der Waals surface area contributed by atoms with E-state index in [4.69, 9.17) is 0 Å². The summed E-state index contributed by atoms with van der Waals surface area (Å²) in [6.07, 6.45) is 0. The molecular formula is C24H29N7O. The Balaban J connectivity index is 1.15. The summed E-state index contributed by atoms with van der Waals surface area (Å²) in [5, 5.41) is 14.2. The molecule has 8 heteroatoms. The lowest BCUT2D eigenvalue weighted by molar-refractivity contribution is 0.208. The Labute approximate surface area is 188 Å². The third-order valence-corrected chi connectivity index (χ3v) is 6.36. The Bertz CT molecular complexity index is 1070. The van der Waals surface area contributed by atoms with Crippen molar-refractivity contribution in [2.24, 2.45) is 0 Å². The van der Waals surface area contributed by atoms with Crippen LogP contribution in [-0.2, 0) is 0 Å². The smallest absolute Gasteiger partial charge is 0.321 e. The van der Waals surface area contributed by atoms with E-state index in [2.05, 4.69) is 55.5 Å². The number of anilines is 3. The number of piperazine rings is 2. The van der Waals surface area contributed by atoms with Crippen molar-refractivity contribution in [1.29, 1.82) is 0 Å². The molecule has 3 aromatic rings. The van der Waals surface area contributed by atoms with Gasteiger partial charge in [-0.3, -0.25) is 0 Å². The van der Waals surface area contributed by atoms with Gasteiger partial charge >= 0.3 is 6.03 Å². The van der Waals surface area contributed by atoms with E-state index in [-0.39, 0.29) is 6.03 Å². The number of nitrogens with zero attached hydrogens (tertiary/aromatic N) is 6. The molecule has 0 radical (unpaired) electrons. The van der Waals surface area contributed by atoms with Crippen LogP contribution < -0.4 is 15.1 Å². The zero-order valence-electron chi connectivity index (χ0n) is 18.4. The summed E-state index contributed by atoms with van der Waals surface area (Å²) in [5.41, 5.74) is 0.821. The monoisotopic (exact) mass is 431 g/mol. The van der Waals surface area contributed by atoms with Crippen LogP contribution in [0.2, 0.25) is 0 Å². The zero-order valence-corrected chi connectivity index (χ0v) is 18.4. The van der Waals surface area contributed by atoms with Gasteiger partial charge in [0.25, 0.3) is 0 Å². The Morgan fingerprint density at radius 1 is 0.750 bits per heavy atom. The van der Waals surface area contributed by atoms with Crippen molar-refractivity contribution in [1.82, 2.24) is 20.0 Å². The lowest BCUT2D eigenvalue weighted by Gasteiger charge is -2.35. The molecule has 2 fully saturated rings. The number of rotatable bonds is 3. The molecule has 0 saturated carbocycles. The predicted molar refractivity (Wildman–Crippen MR) is 128 cm³/mol. The van der Waals surface area contributed by atoms with Crippen molar-refractivity contribution in [3.63, 3.8) is 0 Å². The molecule has 3 heterocycles. The number of nitrogens with one attached hydrogen (secondary N) is 1. The number of fused-ring (bicyclic) bond motifs is 1. The number of carbonyl (C=O) groups excluding carboxylic acids is 1. The molecule has 0 atom stereocenters. The van der Waals surface area contributed by atoms with Gasteiger partial charge in [-0.15, -0.1) is 10.2 Å². The lowest BCUT2D eigenvalue weighted by Crippen LogP contribution is -2.50. The number of urea groups is 1. The van der Waals surface area contributed by atoms with E-state index >= 15 is 0 Å². The first-order chi connectivity index (χ1) is 15.7. The third kappa shape index (κ3) is 4.45. The van der Waals surface area contributed by atoms with E-state index in [0.717, 1.165) is 62.0 Å². The van der Waals surface area contributed by atoms with Crippen LogP contribution in [0.25, 0.3) is 10.8 Å². The highest BCUT2D eigenvalue weighted by Gasteiger charge is 2.23. The van der Waals surface area contributed by atoms with Gasteiger partial charge in [-0.2, -0.15) is 0 Å². The highest BCUT2D eigenvalue weighted by Crippen LogP contribution is 2.20. The largest absolute Gasteiger partial charge is 0.353 e. The van der Waals surface area contributed by atoms with Crippen molar-refractivity contribution in [2.75, 3.05) is 74.5 Å². The standard InChI is InChI=1S/C24H29N7O/c1-28-10-12-29(13-11-28)22-8-9-23(27-26-22)30-14-16-31(17-15-30)24(32)25-21-7-6-19-4-2-3-5-20(19)18-21/h2-9,18H,10-17H2,1H3,(H,25,32). The molecule has 5 rings (SSSR count). The minimum absolute atomic E-state index is 0.0589. The summed E-state index contributed by atoms with van der Waals surface area (Å²) < 4.78 is 0. The van der Waals surface area contributed by atoms with Crippen LogP contribution in [0.4, 0.5) is 22.1 Å². The van der Waals surface area contributed by atoms with Crippen molar-refractivity contribution in [3.8, 4) is 0 Å². The van der Waals surface area contributed by atoms with E-state index in [1.54, 1.807) is 0 Å². The average molecular weight is 432 g/mol. The van der Waals surface area contributed by atoms with Crippen LogP contribution >= 0.6 is 0 Å². The number of hydrogen-bond donors (Lipinski definition) is 1. The van der Waals surface area contributed by atoms with E-state index in [1.165, 1.54) is 5.39 Å². The van der Waals surface area contributed by atoms with Gasteiger partial charge < -0.3 is 24.9 Å². The third-order valence-electron chi connectivity index (χ3n) is 6.36. The van der Waals surface area contributed by atoms with E-state index in [9.17, 15) is 4.79 Å². The van der Waals surface area contributed by atoms with Gasteiger partial charge in [0.1, 0.15) is 0 Å². The minimum atomic E-state index is -0.0589. The van der Waals surface area contributed by atoms with E-state index < -0.39 is 0 Å². The van der Waals surface area contributed by atoms with Gasteiger partial charge in [-0.1, -0.05) is 30.3 Å². The van der Waals surface area contributed by atoms with Gasteiger partial charge in [0.2, 0.25) is 0 Å². The maximum Gasteiger partial charge on any atom is 0.321 e. The van der Waals surface area contributed by atoms with Gasteiger partial charge in [-0.05, 0) is 42.1 Å². The Kier molecular flexibility index (Phi) is 5.77. The topological polar surface area (TPSA) is 67.8 Å². The highest BCUT2D eigenvalue weighted by molar-refractivity contribution is 5.93. The van der Waals surface area contributed by atoms with Crippen LogP contribution in [0, 0.1) is 0 Å². The highest BCUT2D eigenvalue weighted by atomic mass is 16.2. The molecular weight excluding hydrogens is 402 g/mol. The second kappa shape index (κ2) is 9.00. The van der Waals surface area contributed by atoms with Crippen LogP contribution in [0.3, 0.4) is 0 Å². The summed E-state index contributed by atoms with van der Waals surface area (Å²) in [7, 11) is 2.15. The zero-order chi connectivity index (χ0) is 21.9. The number of amides is 2. The number of hydrogen-bond acceptors (Lipinski definition) is 6. The molecule has 0 spiro atoms. The maximum absolute atomic E-state index is 12.7. The molecule has 166 valence electrons. The van der Waals surface area contributed by atoms with E-state index in [1.807, 2.05) is 41.3 Å². The second-order valence-corrected chi connectivity index (χ2v) is 8.51. The summed E-state index contributed by atoms with van der Waals surface area (Å²) in [6.45, 7) is 6.86. The first kappa shape index (κ1) is 20.5. The van der Waals surface area contributed by atoms with Crippen molar-refractivity contribution in [3.05, 3.63) is 54.6 Å². The van der Waals surface area contributed by atoms with Gasteiger partial charge in [0.05, 0.1) is 0 Å². The molecule has 2 aromatic carbocycles. The van der Waals surface area contributed by atoms with Crippen LogP contribution in [0.15, 0.2) is 54.6 Å². The van der Waals surface area contributed by atoms with Crippen molar-refractivity contribution >= 4 is 34.1 Å². The summed E-state index contributed by atoms with van der Waals surface area (Å²) >= 11 is 0. The second-order valence-electron chi connectivity index (χ2n) is 8.51. The van der Waals surface area contributed by atoms with Gasteiger partial charge in [0, 0.05) is 58.0 Å². The molecule has 2 aliphatic heterocycles. The average Bonchev–Trinajstić information content (AvgIpc) is 2.85. The molecule has 8 nitrogen and oxygen atoms in total. The van der Waals surface area contributed by atoms with Gasteiger partial charge in [-0.25, -0.2) is 4.79 Å². The van der Waals surface area contributed by atoms with Crippen LogP contribution in [-0.4, -0.2) is 85.4 Å². The van der Waals surface area contributed by atoms with Crippen LogP contribution in [0.1, 0.15) is 0 Å². The van der Waals surface area contributed by atoms with Crippen molar-refractivity contribution in [2.45, 2.75) is 0 Å². The van der Waals surface area contributed by atoms with Crippen LogP contribution in [0.5, 0.6) is 0 Å². The first-order valence-electron chi connectivity index (χ1n) is 11.2. The SMILES string of the molecule is CN1CCN(c2ccc(N3CCN(C(=O)Nc4ccc5ccccc5c4)CC3)nn2)CC1. The minimum Gasteiger partial charge on any atom is -0.353 e.